The second kappa shape index (κ2) is 7.20. The molecule has 1 saturated heterocycles. The highest BCUT2D eigenvalue weighted by Gasteiger charge is 2.24. The van der Waals surface area contributed by atoms with Crippen LogP contribution in [0.4, 0.5) is 0 Å². The lowest BCUT2D eigenvalue weighted by molar-refractivity contribution is -0.0417. The van der Waals surface area contributed by atoms with E-state index in [0.717, 1.165) is 12.8 Å². The summed E-state index contributed by atoms with van der Waals surface area (Å²) in [6, 6.07) is 0.371. The number of ether oxygens (including phenoxy) is 1. The SMILES string of the molecule is C[C@@H]1CC(NCCS(=O)(=O)NCC2CCC2)C[C@@H](C)O1. The molecule has 6 heteroatoms. The zero-order valence-electron chi connectivity index (χ0n) is 12.6. The molecule has 2 N–H and O–H groups in total. The summed E-state index contributed by atoms with van der Waals surface area (Å²) < 4.78 is 32.1. The lowest BCUT2D eigenvalue weighted by atomic mass is 9.86. The van der Waals surface area contributed by atoms with Gasteiger partial charge in [-0.05, 0) is 45.4 Å². The third-order valence-corrected chi connectivity index (χ3v) is 5.67. The average Bonchev–Trinajstić information content (AvgIpc) is 2.24. The maximum atomic E-state index is 11.9. The Labute approximate surface area is 122 Å². The molecule has 0 aromatic heterocycles. The summed E-state index contributed by atoms with van der Waals surface area (Å²) in [5.74, 6) is 0.731. The van der Waals surface area contributed by atoms with Gasteiger partial charge in [0.25, 0.3) is 0 Å². The first-order valence-corrected chi connectivity index (χ1v) is 9.46. The molecule has 0 radical (unpaired) electrons. The van der Waals surface area contributed by atoms with E-state index < -0.39 is 10.0 Å². The third kappa shape index (κ3) is 5.31. The Balaban J connectivity index is 1.63. The third-order valence-electron chi connectivity index (χ3n) is 4.32. The highest BCUT2D eigenvalue weighted by Crippen LogP contribution is 2.25. The van der Waals surface area contributed by atoms with Gasteiger partial charge in [-0.15, -0.1) is 0 Å². The minimum absolute atomic E-state index is 0.167. The molecule has 118 valence electrons. The first-order chi connectivity index (χ1) is 9.44. The molecule has 20 heavy (non-hydrogen) atoms. The van der Waals surface area contributed by atoms with Crippen LogP contribution >= 0.6 is 0 Å². The maximum absolute atomic E-state index is 11.9. The zero-order chi connectivity index (χ0) is 14.6. The van der Waals surface area contributed by atoms with Crippen LogP contribution in [0.2, 0.25) is 0 Å². The van der Waals surface area contributed by atoms with E-state index >= 15 is 0 Å². The molecule has 2 aliphatic rings. The van der Waals surface area contributed by atoms with Crippen LogP contribution in [0.1, 0.15) is 46.0 Å². The minimum atomic E-state index is -3.12. The van der Waals surface area contributed by atoms with Gasteiger partial charge in [-0.2, -0.15) is 0 Å². The van der Waals surface area contributed by atoms with E-state index in [9.17, 15) is 8.42 Å². The fraction of sp³-hybridized carbons (Fsp3) is 1.00. The summed E-state index contributed by atoms with van der Waals surface area (Å²) in [6.45, 7) is 5.28. The van der Waals surface area contributed by atoms with Crippen molar-refractivity contribution in [3.63, 3.8) is 0 Å². The predicted molar refractivity (Wildman–Crippen MR) is 80.2 cm³/mol. The minimum Gasteiger partial charge on any atom is -0.375 e. The molecule has 0 bridgehead atoms. The summed E-state index contributed by atoms with van der Waals surface area (Å²) in [4.78, 5) is 0. The van der Waals surface area contributed by atoms with Crippen molar-refractivity contribution < 1.29 is 13.2 Å². The van der Waals surface area contributed by atoms with Gasteiger partial charge in [0.1, 0.15) is 0 Å². The van der Waals surface area contributed by atoms with Crippen LogP contribution in [0.5, 0.6) is 0 Å². The van der Waals surface area contributed by atoms with Gasteiger partial charge in [0.15, 0.2) is 0 Å². The van der Waals surface area contributed by atoms with Crippen molar-refractivity contribution in [3.8, 4) is 0 Å². The molecule has 0 aromatic carbocycles. The van der Waals surface area contributed by atoms with Gasteiger partial charge in [0.05, 0.1) is 18.0 Å². The zero-order valence-corrected chi connectivity index (χ0v) is 13.4. The first-order valence-electron chi connectivity index (χ1n) is 7.81. The van der Waals surface area contributed by atoms with E-state index in [-0.39, 0.29) is 18.0 Å². The maximum Gasteiger partial charge on any atom is 0.212 e. The van der Waals surface area contributed by atoms with Crippen LogP contribution in [-0.4, -0.2) is 45.5 Å². The van der Waals surface area contributed by atoms with Gasteiger partial charge in [-0.3, -0.25) is 0 Å². The van der Waals surface area contributed by atoms with Crippen molar-refractivity contribution in [1.29, 1.82) is 0 Å². The van der Waals surface area contributed by atoms with E-state index in [0.29, 0.717) is 25.0 Å². The standard InChI is InChI=1S/C14H28N2O3S/c1-11-8-14(9-12(2)19-11)15-6-7-20(17,18)16-10-13-4-3-5-13/h11-16H,3-10H2,1-2H3/t11-,12-/m1/s1. The van der Waals surface area contributed by atoms with E-state index in [4.69, 9.17) is 4.74 Å². The van der Waals surface area contributed by atoms with Gasteiger partial charge in [0, 0.05) is 19.1 Å². The average molecular weight is 304 g/mol. The molecule has 1 saturated carbocycles. The molecule has 5 nitrogen and oxygen atoms in total. The van der Waals surface area contributed by atoms with E-state index in [2.05, 4.69) is 23.9 Å². The second-order valence-corrected chi connectivity index (χ2v) is 8.27. The first kappa shape index (κ1) is 16.2. The molecule has 0 aromatic rings. The molecule has 1 heterocycles. The smallest absolute Gasteiger partial charge is 0.212 e. The Kier molecular flexibility index (Phi) is 5.84. The Hall–Kier alpha value is -0.170. The summed E-state index contributed by atoms with van der Waals surface area (Å²) >= 11 is 0. The van der Waals surface area contributed by atoms with Crippen molar-refractivity contribution in [2.45, 2.75) is 64.2 Å². The monoisotopic (exact) mass is 304 g/mol. The lowest BCUT2D eigenvalue weighted by Crippen LogP contribution is -2.44. The quantitative estimate of drug-likeness (QED) is 0.743. The van der Waals surface area contributed by atoms with Gasteiger partial charge < -0.3 is 10.1 Å². The van der Waals surface area contributed by atoms with Crippen molar-refractivity contribution >= 4 is 10.0 Å². The molecule has 2 fully saturated rings. The van der Waals surface area contributed by atoms with Gasteiger partial charge in [-0.25, -0.2) is 13.1 Å². The van der Waals surface area contributed by atoms with E-state index in [1.165, 1.54) is 19.3 Å². The van der Waals surface area contributed by atoms with E-state index in [1.807, 2.05) is 0 Å². The Morgan fingerprint density at radius 2 is 1.80 bits per heavy atom. The molecule has 2 rings (SSSR count). The van der Waals surface area contributed by atoms with Crippen LogP contribution < -0.4 is 10.0 Å². The highest BCUT2D eigenvalue weighted by molar-refractivity contribution is 7.89. The normalized spacial score (nSPS) is 32.0. The fourth-order valence-electron chi connectivity index (χ4n) is 2.98. The van der Waals surface area contributed by atoms with Crippen molar-refractivity contribution in [1.82, 2.24) is 10.0 Å². The van der Waals surface area contributed by atoms with Crippen molar-refractivity contribution in [3.05, 3.63) is 0 Å². The summed E-state index contributed by atoms with van der Waals surface area (Å²) in [5.41, 5.74) is 0. The van der Waals surface area contributed by atoms with Gasteiger partial charge >= 0.3 is 0 Å². The van der Waals surface area contributed by atoms with Gasteiger partial charge in [0.2, 0.25) is 10.0 Å². The van der Waals surface area contributed by atoms with Crippen molar-refractivity contribution in [2.75, 3.05) is 18.8 Å². The molecule has 0 spiro atoms. The molecular formula is C14H28N2O3S. The molecule has 1 aliphatic carbocycles. The Morgan fingerprint density at radius 3 is 2.35 bits per heavy atom. The number of sulfonamides is 1. The number of hydrogen-bond donors (Lipinski definition) is 2. The van der Waals surface area contributed by atoms with Crippen LogP contribution in [0.25, 0.3) is 0 Å². The molecule has 0 unspecified atom stereocenters. The number of rotatable bonds is 7. The molecule has 1 aliphatic heterocycles. The van der Waals surface area contributed by atoms with Crippen LogP contribution in [-0.2, 0) is 14.8 Å². The van der Waals surface area contributed by atoms with Crippen LogP contribution in [0, 0.1) is 5.92 Å². The fourth-order valence-corrected chi connectivity index (χ4v) is 4.00. The lowest BCUT2D eigenvalue weighted by Gasteiger charge is -2.32. The molecule has 0 amide bonds. The topological polar surface area (TPSA) is 67.4 Å². The summed E-state index contributed by atoms with van der Waals surface area (Å²) in [7, 11) is -3.12. The summed E-state index contributed by atoms with van der Waals surface area (Å²) in [5, 5.41) is 3.35. The molecular weight excluding hydrogens is 276 g/mol. The Morgan fingerprint density at radius 1 is 1.15 bits per heavy atom. The van der Waals surface area contributed by atoms with Crippen LogP contribution in [0.3, 0.4) is 0 Å². The second-order valence-electron chi connectivity index (χ2n) is 6.34. The molecule has 2 atom stereocenters. The van der Waals surface area contributed by atoms with E-state index in [1.54, 1.807) is 0 Å². The largest absolute Gasteiger partial charge is 0.375 e. The number of hydrogen-bond acceptors (Lipinski definition) is 4. The van der Waals surface area contributed by atoms with Crippen LogP contribution in [0.15, 0.2) is 0 Å². The number of nitrogens with one attached hydrogen (secondary N) is 2. The summed E-state index contributed by atoms with van der Waals surface area (Å²) in [6.07, 6.45) is 6.00. The highest BCUT2D eigenvalue weighted by atomic mass is 32.2. The van der Waals surface area contributed by atoms with Gasteiger partial charge in [-0.1, -0.05) is 6.42 Å². The van der Waals surface area contributed by atoms with Crippen molar-refractivity contribution in [2.24, 2.45) is 5.92 Å². The Bertz CT molecular complexity index is 385. The predicted octanol–water partition coefficient (Wildman–Crippen LogP) is 1.25.